The van der Waals surface area contributed by atoms with E-state index in [2.05, 4.69) is 50.3 Å². The molecule has 1 atom stereocenters. The van der Waals surface area contributed by atoms with Crippen molar-refractivity contribution in [2.24, 2.45) is 0 Å². The van der Waals surface area contributed by atoms with Crippen molar-refractivity contribution in [3.8, 4) is 0 Å². The van der Waals surface area contributed by atoms with E-state index in [1.807, 2.05) is 0 Å². The Morgan fingerprint density at radius 3 is 1.41 bits per heavy atom. The minimum atomic E-state index is -0.779. The number of ether oxygens (including phenoxy) is 2. The van der Waals surface area contributed by atoms with Crippen molar-refractivity contribution in [3.63, 3.8) is 0 Å². The van der Waals surface area contributed by atoms with Crippen LogP contribution in [0.5, 0.6) is 0 Å². The highest BCUT2D eigenvalue weighted by Crippen LogP contribution is 2.12. The Balaban J connectivity index is 3.61. The Kier molecular flexibility index (Phi) is 34.1. The van der Waals surface area contributed by atoms with Gasteiger partial charge in [0.15, 0.2) is 6.10 Å². The van der Waals surface area contributed by atoms with E-state index in [0.29, 0.717) is 12.8 Å². The summed E-state index contributed by atoms with van der Waals surface area (Å²) in [6.07, 6.45) is 41.9. The van der Waals surface area contributed by atoms with E-state index in [4.69, 9.17) is 9.47 Å². The third kappa shape index (κ3) is 33.0. The predicted octanol–water partition coefficient (Wildman–Crippen LogP) is 11.3. The van der Waals surface area contributed by atoms with Crippen LogP contribution in [0.15, 0.2) is 36.5 Å². The predicted molar refractivity (Wildman–Crippen MR) is 187 cm³/mol. The summed E-state index contributed by atoms with van der Waals surface area (Å²) in [5, 5.41) is 9.53. The lowest BCUT2D eigenvalue weighted by atomic mass is 10.1. The summed E-state index contributed by atoms with van der Waals surface area (Å²) in [5.74, 6) is -0.617. The van der Waals surface area contributed by atoms with Crippen LogP contribution in [0.2, 0.25) is 0 Å². The molecule has 0 aliphatic rings. The highest BCUT2D eigenvalue weighted by molar-refractivity contribution is 5.70. The smallest absolute Gasteiger partial charge is 0.306 e. The molecule has 0 rings (SSSR count). The Bertz CT molecular complexity index is 711. The molecule has 0 aliphatic carbocycles. The fraction of sp³-hybridized carbons (Fsp3) is 0.795. The molecular weight excluding hydrogens is 548 g/mol. The first-order chi connectivity index (χ1) is 21.6. The molecule has 0 spiro atoms. The van der Waals surface area contributed by atoms with Crippen LogP contribution < -0.4 is 0 Å². The maximum absolute atomic E-state index is 12.1. The fourth-order valence-electron chi connectivity index (χ4n) is 5.05. The van der Waals surface area contributed by atoms with E-state index >= 15 is 0 Å². The third-order valence-corrected chi connectivity index (χ3v) is 7.91. The van der Waals surface area contributed by atoms with Crippen molar-refractivity contribution in [1.82, 2.24) is 0 Å². The molecule has 0 saturated heterocycles. The van der Waals surface area contributed by atoms with Crippen molar-refractivity contribution in [1.29, 1.82) is 0 Å². The standard InChI is InChI=1S/C39H70O5/c1-3-5-7-9-11-13-15-17-19-21-23-25-27-29-31-33-38(41)43-36-37(35-40)44-39(42)34-32-30-28-26-24-22-20-18-16-14-12-10-8-6-4-2/h12,14,17-20,37,40H,3-11,13,15-16,21-36H2,1-2H3/b14-12+,19-17+,20-18+/t37-/m1/s1. The molecule has 0 aromatic carbocycles. The van der Waals surface area contributed by atoms with Gasteiger partial charge in [0.2, 0.25) is 0 Å². The van der Waals surface area contributed by atoms with Crippen molar-refractivity contribution >= 4 is 11.9 Å². The van der Waals surface area contributed by atoms with E-state index in [0.717, 1.165) is 64.2 Å². The number of hydrogen-bond donors (Lipinski definition) is 1. The molecule has 0 bridgehead atoms. The molecular formula is C39H70O5. The molecule has 0 amide bonds. The molecule has 5 nitrogen and oxygen atoms in total. The van der Waals surface area contributed by atoms with Gasteiger partial charge in [-0.2, -0.15) is 0 Å². The van der Waals surface area contributed by atoms with Crippen LogP contribution in [-0.4, -0.2) is 36.4 Å². The quantitative estimate of drug-likeness (QED) is 0.0450. The van der Waals surface area contributed by atoms with Gasteiger partial charge in [0.25, 0.3) is 0 Å². The molecule has 5 heteroatoms. The van der Waals surface area contributed by atoms with Crippen LogP contribution in [-0.2, 0) is 19.1 Å². The summed E-state index contributed by atoms with van der Waals surface area (Å²) in [6, 6.07) is 0. The van der Waals surface area contributed by atoms with Crippen molar-refractivity contribution in [2.75, 3.05) is 13.2 Å². The number of esters is 2. The first kappa shape index (κ1) is 42.1. The Morgan fingerprint density at radius 2 is 0.909 bits per heavy atom. The summed E-state index contributed by atoms with van der Waals surface area (Å²) < 4.78 is 10.6. The van der Waals surface area contributed by atoms with Gasteiger partial charge in [0.05, 0.1) is 6.61 Å². The average molecular weight is 619 g/mol. The number of carbonyl (C=O) groups is 2. The van der Waals surface area contributed by atoms with Crippen molar-refractivity contribution in [3.05, 3.63) is 36.5 Å². The normalized spacial score (nSPS) is 12.5. The second kappa shape index (κ2) is 35.6. The van der Waals surface area contributed by atoms with Gasteiger partial charge >= 0.3 is 11.9 Å². The lowest BCUT2D eigenvalue weighted by Gasteiger charge is -2.15. The van der Waals surface area contributed by atoms with Gasteiger partial charge in [0.1, 0.15) is 6.61 Å². The topological polar surface area (TPSA) is 72.8 Å². The van der Waals surface area contributed by atoms with Crippen molar-refractivity contribution < 1.29 is 24.2 Å². The summed E-state index contributed by atoms with van der Waals surface area (Å²) in [7, 11) is 0. The highest BCUT2D eigenvalue weighted by atomic mass is 16.6. The van der Waals surface area contributed by atoms with E-state index in [1.165, 1.54) is 89.9 Å². The summed E-state index contributed by atoms with van der Waals surface area (Å²) in [6.45, 7) is 4.08. The molecule has 0 aromatic rings. The molecule has 0 aliphatic heterocycles. The summed E-state index contributed by atoms with van der Waals surface area (Å²) >= 11 is 0. The maximum atomic E-state index is 12.1. The Morgan fingerprint density at radius 1 is 0.523 bits per heavy atom. The van der Waals surface area contributed by atoms with Crippen LogP contribution in [0.1, 0.15) is 181 Å². The molecule has 0 fully saturated rings. The van der Waals surface area contributed by atoms with Gasteiger partial charge in [-0.25, -0.2) is 0 Å². The number of allylic oxidation sites excluding steroid dienone is 6. The molecule has 0 unspecified atom stereocenters. The number of rotatable bonds is 33. The molecule has 1 N–H and O–H groups in total. The first-order valence-electron chi connectivity index (χ1n) is 18.5. The number of aliphatic hydroxyl groups is 1. The lowest BCUT2D eigenvalue weighted by molar-refractivity contribution is -0.161. The van der Waals surface area contributed by atoms with Crippen LogP contribution in [0.25, 0.3) is 0 Å². The van der Waals surface area contributed by atoms with Crippen LogP contribution >= 0.6 is 0 Å². The van der Waals surface area contributed by atoms with Crippen molar-refractivity contribution in [2.45, 2.75) is 187 Å². The Hall–Kier alpha value is -1.88. The number of carbonyl (C=O) groups excluding carboxylic acids is 2. The minimum Gasteiger partial charge on any atom is -0.462 e. The second-order valence-corrected chi connectivity index (χ2v) is 12.3. The maximum Gasteiger partial charge on any atom is 0.306 e. The Labute approximate surface area is 272 Å². The van der Waals surface area contributed by atoms with Crippen LogP contribution in [0.3, 0.4) is 0 Å². The molecule has 44 heavy (non-hydrogen) atoms. The van der Waals surface area contributed by atoms with E-state index in [9.17, 15) is 14.7 Å². The molecule has 256 valence electrons. The second-order valence-electron chi connectivity index (χ2n) is 12.3. The van der Waals surface area contributed by atoms with Crippen LogP contribution in [0.4, 0.5) is 0 Å². The third-order valence-electron chi connectivity index (χ3n) is 7.91. The van der Waals surface area contributed by atoms with E-state index < -0.39 is 6.10 Å². The zero-order chi connectivity index (χ0) is 32.2. The number of hydrogen-bond acceptors (Lipinski definition) is 5. The monoisotopic (exact) mass is 619 g/mol. The molecule has 0 heterocycles. The average Bonchev–Trinajstić information content (AvgIpc) is 3.02. The number of aliphatic hydroxyl groups excluding tert-OH is 1. The molecule has 0 radical (unpaired) electrons. The van der Waals surface area contributed by atoms with Gasteiger partial charge in [-0.1, -0.05) is 134 Å². The zero-order valence-electron chi connectivity index (χ0n) is 28.9. The van der Waals surface area contributed by atoms with E-state index in [1.54, 1.807) is 0 Å². The SMILES string of the molecule is CCCCC/C=C/C/C=C/CCCCCCCC(=O)O[C@H](CO)COC(=O)CCCCCCC/C=C/CCCCCCCC. The van der Waals surface area contributed by atoms with Gasteiger partial charge < -0.3 is 14.6 Å². The van der Waals surface area contributed by atoms with Gasteiger partial charge in [-0.15, -0.1) is 0 Å². The summed E-state index contributed by atoms with van der Waals surface area (Å²) in [5.41, 5.74) is 0. The first-order valence-corrected chi connectivity index (χ1v) is 18.5. The zero-order valence-corrected chi connectivity index (χ0v) is 28.9. The fourth-order valence-corrected chi connectivity index (χ4v) is 5.05. The highest BCUT2D eigenvalue weighted by Gasteiger charge is 2.16. The van der Waals surface area contributed by atoms with Gasteiger partial charge in [-0.3, -0.25) is 9.59 Å². The number of unbranched alkanes of at least 4 members (excludes halogenated alkanes) is 19. The minimum absolute atomic E-state index is 0.0751. The van der Waals surface area contributed by atoms with Gasteiger partial charge in [0, 0.05) is 12.8 Å². The van der Waals surface area contributed by atoms with Crippen LogP contribution in [0, 0.1) is 0 Å². The van der Waals surface area contributed by atoms with E-state index in [-0.39, 0.29) is 25.2 Å². The van der Waals surface area contributed by atoms with Gasteiger partial charge in [-0.05, 0) is 70.6 Å². The lowest BCUT2D eigenvalue weighted by Crippen LogP contribution is -2.28. The molecule has 0 saturated carbocycles. The molecule has 0 aromatic heterocycles. The summed E-state index contributed by atoms with van der Waals surface area (Å²) in [4.78, 5) is 24.2. The largest absolute Gasteiger partial charge is 0.462 e.